The number of carbonyl (C=O) groups is 1. The molecule has 0 fully saturated rings. The Morgan fingerprint density at radius 2 is 1.72 bits per heavy atom. The Hall–Kier alpha value is -0.860. The summed E-state index contributed by atoms with van der Waals surface area (Å²) in [4.78, 5) is 12.2. The molecule has 0 aliphatic heterocycles. The number of carbonyl (C=O) groups excluding carboxylic acids is 1. The van der Waals surface area contributed by atoms with Crippen LogP contribution < -0.4 is 5.32 Å². The van der Waals surface area contributed by atoms with E-state index in [4.69, 9.17) is 11.6 Å². The van der Waals surface area contributed by atoms with Crippen molar-refractivity contribution < 1.29 is 4.79 Å². The van der Waals surface area contributed by atoms with Gasteiger partial charge in [0.1, 0.15) is 0 Å². The summed E-state index contributed by atoms with van der Waals surface area (Å²) in [6, 6.07) is 7.86. The first-order chi connectivity index (χ1) is 8.40. The van der Waals surface area contributed by atoms with E-state index in [2.05, 4.69) is 19.2 Å². The maximum Gasteiger partial charge on any atom is 0.152 e. The van der Waals surface area contributed by atoms with E-state index < -0.39 is 0 Å². The van der Waals surface area contributed by atoms with E-state index in [1.54, 1.807) is 0 Å². The summed E-state index contributed by atoms with van der Waals surface area (Å²) in [5, 5.41) is 4.07. The molecule has 0 spiro atoms. The van der Waals surface area contributed by atoms with Crippen molar-refractivity contribution in [3.05, 3.63) is 34.9 Å². The van der Waals surface area contributed by atoms with Crippen LogP contribution in [0, 0.1) is 5.92 Å². The monoisotopic (exact) mass is 267 g/mol. The number of ketones is 1. The molecule has 0 aromatic heterocycles. The second-order valence-corrected chi connectivity index (χ2v) is 5.70. The number of rotatable bonds is 6. The fourth-order valence-electron chi connectivity index (χ4n) is 1.90. The number of benzene rings is 1. The van der Waals surface area contributed by atoms with E-state index in [9.17, 15) is 4.79 Å². The minimum atomic E-state index is -0.119. The molecule has 0 saturated carbocycles. The third-order valence-corrected chi connectivity index (χ3v) is 3.05. The largest absolute Gasteiger partial charge is 0.305 e. The zero-order valence-corrected chi connectivity index (χ0v) is 12.3. The maximum absolute atomic E-state index is 12.2. The predicted octanol–water partition coefficient (Wildman–Crippen LogP) is 3.47. The molecule has 3 heteroatoms. The van der Waals surface area contributed by atoms with Crippen LogP contribution in [-0.4, -0.2) is 17.9 Å². The van der Waals surface area contributed by atoms with Gasteiger partial charge in [0.15, 0.2) is 5.78 Å². The first-order valence-electron chi connectivity index (χ1n) is 6.44. The average molecular weight is 268 g/mol. The summed E-state index contributed by atoms with van der Waals surface area (Å²) in [6.45, 7) is 8.00. The average Bonchev–Trinajstić information content (AvgIpc) is 2.29. The molecule has 0 aliphatic rings. The van der Waals surface area contributed by atoms with Gasteiger partial charge in [0, 0.05) is 17.0 Å². The molecule has 2 nitrogen and oxygen atoms in total. The van der Waals surface area contributed by atoms with Crippen molar-refractivity contribution in [2.24, 2.45) is 5.92 Å². The highest BCUT2D eigenvalue weighted by Crippen LogP contribution is 2.13. The van der Waals surface area contributed by atoms with Crippen LogP contribution in [0.5, 0.6) is 0 Å². The minimum Gasteiger partial charge on any atom is -0.305 e. The van der Waals surface area contributed by atoms with Crippen molar-refractivity contribution in [1.29, 1.82) is 0 Å². The van der Waals surface area contributed by atoms with E-state index >= 15 is 0 Å². The van der Waals surface area contributed by atoms with Gasteiger partial charge in [-0.15, -0.1) is 0 Å². The molecule has 1 rings (SSSR count). The second-order valence-electron chi connectivity index (χ2n) is 5.26. The molecule has 100 valence electrons. The topological polar surface area (TPSA) is 29.1 Å². The molecule has 0 saturated heterocycles. The zero-order valence-electron chi connectivity index (χ0n) is 11.5. The van der Waals surface area contributed by atoms with Crippen molar-refractivity contribution in [1.82, 2.24) is 5.32 Å². The first kappa shape index (κ1) is 15.2. The van der Waals surface area contributed by atoms with Crippen LogP contribution in [0.4, 0.5) is 0 Å². The van der Waals surface area contributed by atoms with Gasteiger partial charge in [-0.25, -0.2) is 0 Å². The van der Waals surface area contributed by atoms with Crippen LogP contribution in [0.3, 0.4) is 0 Å². The Labute approximate surface area is 115 Å². The summed E-state index contributed by atoms with van der Waals surface area (Å²) < 4.78 is 0. The van der Waals surface area contributed by atoms with E-state index in [-0.39, 0.29) is 17.7 Å². The third kappa shape index (κ3) is 4.79. The Bertz CT molecular complexity index is 384. The predicted molar refractivity (Wildman–Crippen MR) is 77.1 cm³/mol. The molecule has 0 aliphatic carbocycles. The Morgan fingerprint density at radius 3 is 2.17 bits per heavy atom. The molecule has 1 atom stereocenters. The normalized spacial score (nSPS) is 13.1. The lowest BCUT2D eigenvalue weighted by molar-refractivity contribution is -0.124. The summed E-state index contributed by atoms with van der Waals surface area (Å²) in [7, 11) is 0. The fourth-order valence-corrected chi connectivity index (χ4v) is 2.03. The maximum atomic E-state index is 12.2. The van der Waals surface area contributed by atoms with Crippen LogP contribution >= 0.6 is 11.6 Å². The molecule has 1 N–H and O–H groups in total. The van der Waals surface area contributed by atoms with Crippen molar-refractivity contribution in [2.75, 3.05) is 0 Å². The van der Waals surface area contributed by atoms with Gasteiger partial charge in [-0.3, -0.25) is 4.79 Å². The Balaban J connectivity index is 2.77. The summed E-state index contributed by atoms with van der Waals surface area (Å²) >= 11 is 5.86. The highest BCUT2D eigenvalue weighted by atomic mass is 35.5. The summed E-state index contributed by atoms with van der Waals surface area (Å²) in [5.74, 6) is 0.312. The summed E-state index contributed by atoms with van der Waals surface area (Å²) in [6.07, 6.45) is 0.715. The highest BCUT2D eigenvalue weighted by Gasteiger charge is 2.21. The van der Waals surface area contributed by atoms with Gasteiger partial charge in [0.05, 0.1) is 6.04 Å². The van der Waals surface area contributed by atoms with Gasteiger partial charge < -0.3 is 5.32 Å². The van der Waals surface area contributed by atoms with Crippen molar-refractivity contribution in [3.63, 3.8) is 0 Å². The molecule has 1 unspecified atom stereocenters. The molecule has 18 heavy (non-hydrogen) atoms. The molecule has 0 heterocycles. The lowest BCUT2D eigenvalue weighted by atomic mass is 9.95. The minimum absolute atomic E-state index is 0.0496. The summed E-state index contributed by atoms with van der Waals surface area (Å²) in [5.41, 5.74) is 1.13. The highest BCUT2D eigenvalue weighted by molar-refractivity contribution is 6.30. The van der Waals surface area contributed by atoms with Gasteiger partial charge >= 0.3 is 0 Å². The molecule has 1 aromatic rings. The van der Waals surface area contributed by atoms with Crippen LogP contribution in [0.1, 0.15) is 33.3 Å². The Morgan fingerprint density at radius 1 is 1.17 bits per heavy atom. The van der Waals surface area contributed by atoms with Crippen LogP contribution in [-0.2, 0) is 11.2 Å². The van der Waals surface area contributed by atoms with Crippen LogP contribution in [0.25, 0.3) is 0 Å². The molecule has 0 bridgehead atoms. The molecular formula is C15H22ClNO. The number of nitrogens with one attached hydrogen (secondary N) is 1. The van der Waals surface area contributed by atoms with Gasteiger partial charge in [0.2, 0.25) is 0 Å². The SMILES string of the molecule is CC(C)NC(Cc1ccc(Cl)cc1)C(=O)C(C)C. The van der Waals surface area contributed by atoms with Gasteiger partial charge in [-0.1, -0.05) is 51.4 Å². The van der Waals surface area contributed by atoms with E-state index in [0.717, 1.165) is 10.6 Å². The number of hydrogen-bond donors (Lipinski definition) is 1. The van der Waals surface area contributed by atoms with Crippen molar-refractivity contribution >= 4 is 17.4 Å². The standard InChI is InChI=1S/C15H22ClNO/c1-10(2)15(18)14(17-11(3)4)9-12-5-7-13(16)8-6-12/h5-8,10-11,14,17H,9H2,1-4H3. The van der Waals surface area contributed by atoms with E-state index in [0.29, 0.717) is 12.5 Å². The lowest BCUT2D eigenvalue weighted by Crippen LogP contribution is -2.44. The van der Waals surface area contributed by atoms with Crippen molar-refractivity contribution in [2.45, 2.75) is 46.2 Å². The fraction of sp³-hybridized carbons (Fsp3) is 0.533. The number of halogens is 1. The van der Waals surface area contributed by atoms with Crippen LogP contribution in [0.2, 0.25) is 5.02 Å². The van der Waals surface area contributed by atoms with E-state index in [1.165, 1.54) is 0 Å². The Kier molecular flexibility index (Phi) is 5.83. The first-order valence-corrected chi connectivity index (χ1v) is 6.82. The van der Waals surface area contributed by atoms with Gasteiger partial charge in [0.25, 0.3) is 0 Å². The quantitative estimate of drug-likeness (QED) is 0.855. The number of Topliss-reactive ketones (excluding diaryl/α,β-unsaturated/α-hetero) is 1. The number of hydrogen-bond acceptors (Lipinski definition) is 2. The molecule has 0 amide bonds. The molecule has 1 aromatic carbocycles. The van der Waals surface area contributed by atoms with Gasteiger partial charge in [-0.2, -0.15) is 0 Å². The molecule has 0 radical (unpaired) electrons. The second kappa shape index (κ2) is 6.91. The zero-order chi connectivity index (χ0) is 13.7. The third-order valence-electron chi connectivity index (χ3n) is 2.80. The van der Waals surface area contributed by atoms with Crippen molar-refractivity contribution in [3.8, 4) is 0 Å². The lowest BCUT2D eigenvalue weighted by Gasteiger charge is -2.22. The molecular weight excluding hydrogens is 246 g/mol. The van der Waals surface area contributed by atoms with Gasteiger partial charge in [-0.05, 0) is 24.1 Å². The van der Waals surface area contributed by atoms with Crippen LogP contribution in [0.15, 0.2) is 24.3 Å². The smallest absolute Gasteiger partial charge is 0.152 e. The van der Waals surface area contributed by atoms with E-state index in [1.807, 2.05) is 38.1 Å².